The number of aromatic nitrogens is 2. The molecule has 0 amide bonds. The smallest absolute Gasteiger partial charge is 0.224 e. The summed E-state index contributed by atoms with van der Waals surface area (Å²) >= 11 is 0. The third-order valence-corrected chi connectivity index (χ3v) is 2.32. The molecule has 5 nitrogen and oxygen atoms in total. The Balaban J connectivity index is 2.58. The van der Waals surface area contributed by atoms with Crippen molar-refractivity contribution in [3.8, 4) is 11.8 Å². The molecule has 0 aliphatic rings. The van der Waals surface area contributed by atoms with Gasteiger partial charge in [0.25, 0.3) is 0 Å². The zero-order valence-electron chi connectivity index (χ0n) is 10.4. The van der Waals surface area contributed by atoms with Gasteiger partial charge in [-0.15, -0.1) is 6.58 Å². The van der Waals surface area contributed by atoms with Crippen LogP contribution in [0, 0.1) is 0 Å². The highest BCUT2D eigenvalue weighted by Crippen LogP contribution is 2.22. The van der Waals surface area contributed by atoms with Crippen LogP contribution in [0.1, 0.15) is 18.4 Å². The molecule has 0 radical (unpaired) electrons. The summed E-state index contributed by atoms with van der Waals surface area (Å²) in [5.74, 6) is 1.10. The lowest BCUT2D eigenvalue weighted by atomic mass is 10.2. The number of hydrogen-bond donors (Lipinski definition) is 1. The summed E-state index contributed by atoms with van der Waals surface area (Å²) in [4.78, 5) is 8.10. The first kappa shape index (κ1) is 13.4. The van der Waals surface area contributed by atoms with Crippen molar-refractivity contribution in [1.82, 2.24) is 15.3 Å². The van der Waals surface area contributed by atoms with Gasteiger partial charge in [-0.3, -0.25) is 0 Å². The van der Waals surface area contributed by atoms with Gasteiger partial charge in [-0.25, -0.2) is 9.97 Å². The van der Waals surface area contributed by atoms with Gasteiger partial charge < -0.3 is 14.8 Å². The Morgan fingerprint density at radius 3 is 2.47 bits per heavy atom. The molecule has 0 unspecified atom stereocenters. The summed E-state index contributed by atoms with van der Waals surface area (Å²) < 4.78 is 10.4. The Morgan fingerprint density at radius 2 is 1.94 bits per heavy atom. The van der Waals surface area contributed by atoms with E-state index in [0.29, 0.717) is 18.3 Å². The van der Waals surface area contributed by atoms with Crippen LogP contribution in [0.5, 0.6) is 11.8 Å². The van der Waals surface area contributed by atoms with E-state index in [4.69, 9.17) is 9.47 Å². The van der Waals surface area contributed by atoms with E-state index in [1.54, 1.807) is 14.2 Å². The Kier molecular flexibility index (Phi) is 6.03. The molecule has 0 fully saturated rings. The predicted octanol–water partition coefficient (Wildman–Crippen LogP) is 1.55. The van der Waals surface area contributed by atoms with Gasteiger partial charge in [-0.05, 0) is 19.4 Å². The van der Waals surface area contributed by atoms with Gasteiger partial charge in [-0.2, -0.15) is 0 Å². The van der Waals surface area contributed by atoms with Gasteiger partial charge in [0, 0.05) is 6.54 Å². The molecule has 17 heavy (non-hydrogen) atoms. The van der Waals surface area contributed by atoms with Crippen LogP contribution in [0.15, 0.2) is 19.0 Å². The molecule has 5 heteroatoms. The second-order valence-corrected chi connectivity index (χ2v) is 3.48. The van der Waals surface area contributed by atoms with E-state index in [9.17, 15) is 0 Å². The normalized spacial score (nSPS) is 10.0. The highest BCUT2D eigenvalue weighted by molar-refractivity contribution is 5.34. The van der Waals surface area contributed by atoms with Crippen molar-refractivity contribution in [1.29, 1.82) is 0 Å². The molecule has 1 N–H and O–H groups in total. The average Bonchev–Trinajstić information content (AvgIpc) is 2.38. The summed E-state index contributed by atoms with van der Waals surface area (Å²) in [6, 6.07) is 0. The maximum absolute atomic E-state index is 5.18. The highest BCUT2D eigenvalue weighted by atomic mass is 16.5. The van der Waals surface area contributed by atoms with E-state index in [2.05, 4.69) is 21.9 Å². The van der Waals surface area contributed by atoms with Crippen LogP contribution in [-0.2, 0) is 6.54 Å². The summed E-state index contributed by atoms with van der Waals surface area (Å²) in [6.45, 7) is 5.22. The van der Waals surface area contributed by atoms with Crippen LogP contribution < -0.4 is 14.8 Å². The Morgan fingerprint density at radius 1 is 1.29 bits per heavy atom. The molecule has 0 saturated heterocycles. The minimum atomic E-state index is 0.549. The van der Waals surface area contributed by atoms with Gasteiger partial charge in [0.15, 0.2) is 0 Å². The number of ether oxygens (including phenoxy) is 2. The van der Waals surface area contributed by atoms with Crippen molar-refractivity contribution in [2.75, 3.05) is 20.8 Å². The lowest BCUT2D eigenvalue weighted by Gasteiger charge is -2.11. The topological polar surface area (TPSA) is 56.3 Å². The molecular weight excluding hydrogens is 218 g/mol. The monoisotopic (exact) mass is 237 g/mol. The predicted molar refractivity (Wildman–Crippen MR) is 66.3 cm³/mol. The molecule has 0 aliphatic heterocycles. The molecular formula is C12H19N3O2. The molecule has 1 rings (SSSR count). The van der Waals surface area contributed by atoms with Crippen molar-refractivity contribution in [3.05, 3.63) is 24.5 Å². The second kappa shape index (κ2) is 7.62. The molecule has 1 aromatic heterocycles. The van der Waals surface area contributed by atoms with Crippen molar-refractivity contribution < 1.29 is 9.47 Å². The van der Waals surface area contributed by atoms with E-state index in [-0.39, 0.29) is 0 Å². The maximum atomic E-state index is 5.18. The van der Waals surface area contributed by atoms with Crippen LogP contribution in [0.25, 0.3) is 0 Å². The summed E-state index contributed by atoms with van der Waals surface area (Å²) in [5.41, 5.74) is 0.844. The summed E-state index contributed by atoms with van der Waals surface area (Å²) in [6.07, 6.45) is 5.40. The average molecular weight is 237 g/mol. The van der Waals surface area contributed by atoms with Gasteiger partial charge in [-0.1, -0.05) is 6.08 Å². The first-order valence-corrected chi connectivity index (χ1v) is 5.57. The highest BCUT2D eigenvalue weighted by Gasteiger charge is 2.11. The first-order valence-electron chi connectivity index (χ1n) is 5.57. The number of rotatable bonds is 8. The van der Waals surface area contributed by atoms with Gasteiger partial charge >= 0.3 is 0 Å². The van der Waals surface area contributed by atoms with Crippen LogP contribution in [0.2, 0.25) is 0 Å². The second-order valence-electron chi connectivity index (χ2n) is 3.48. The molecule has 0 saturated carbocycles. The van der Waals surface area contributed by atoms with E-state index in [1.165, 1.54) is 6.33 Å². The van der Waals surface area contributed by atoms with E-state index in [0.717, 1.165) is 24.9 Å². The third kappa shape index (κ3) is 4.03. The minimum absolute atomic E-state index is 0.549. The third-order valence-electron chi connectivity index (χ3n) is 2.32. The van der Waals surface area contributed by atoms with Gasteiger partial charge in [0.05, 0.1) is 19.8 Å². The number of unbranched alkanes of at least 4 members (excludes halogenated alkanes) is 1. The van der Waals surface area contributed by atoms with E-state index < -0.39 is 0 Å². The Bertz CT molecular complexity index is 333. The molecule has 1 heterocycles. The van der Waals surface area contributed by atoms with Crippen molar-refractivity contribution >= 4 is 0 Å². The fraction of sp³-hybridized carbons (Fsp3) is 0.500. The molecule has 94 valence electrons. The number of allylic oxidation sites excluding steroid dienone is 1. The quantitative estimate of drug-likeness (QED) is 0.549. The fourth-order valence-electron chi connectivity index (χ4n) is 1.47. The Labute approximate surface area is 102 Å². The van der Waals surface area contributed by atoms with Crippen LogP contribution in [0.4, 0.5) is 0 Å². The van der Waals surface area contributed by atoms with Crippen LogP contribution in [-0.4, -0.2) is 30.7 Å². The Hall–Kier alpha value is -1.62. The standard InChI is InChI=1S/C12H19N3O2/c1-4-5-6-7-13-8-10-11(16-2)14-9-15-12(10)17-3/h4,9,13H,1,5-8H2,2-3H3. The fourth-order valence-corrected chi connectivity index (χ4v) is 1.47. The number of methoxy groups -OCH3 is 2. The molecule has 0 atom stereocenters. The van der Waals surface area contributed by atoms with Crippen molar-refractivity contribution in [3.63, 3.8) is 0 Å². The number of hydrogen-bond acceptors (Lipinski definition) is 5. The number of nitrogens with one attached hydrogen (secondary N) is 1. The lowest BCUT2D eigenvalue weighted by Crippen LogP contribution is -2.16. The largest absolute Gasteiger partial charge is 0.481 e. The zero-order valence-corrected chi connectivity index (χ0v) is 10.4. The molecule has 0 aliphatic carbocycles. The molecule has 1 aromatic rings. The molecule has 0 bridgehead atoms. The van der Waals surface area contributed by atoms with E-state index >= 15 is 0 Å². The molecule has 0 aromatic carbocycles. The molecule has 0 spiro atoms. The van der Waals surface area contributed by atoms with Crippen molar-refractivity contribution in [2.45, 2.75) is 19.4 Å². The summed E-state index contributed by atoms with van der Waals surface area (Å²) in [7, 11) is 3.17. The SMILES string of the molecule is C=CCCCNCc1c(OC)ncnc1OC. The van der Waals surface area contributed by atoms with Crippen LogP contribution >= 0.6 is 0 Å². The van der Waals surface area contributed by atoms with Crippen molar-refractivity contribution in [2.24, 2.45) is 0 Å². The zero-order chi connectivity index (χ0) is 12.5. The minimum Gasteiger partial charge on any atom is -0.481 e. The summed E-state index contributed by atoms with van der Waals surface area (Å²) in [5, 5.41) is 3.30. The first-order chi connectivity index (χ1) is 8.33. The van der Waals surface area contributed by atoms with E-state index in [1.807, 2.05) is 6.08 Å². The van der Waals surface area contributed by atoms with Gasteiger partial charge in [0.1, 0.15) is 6.33 Å². The van der Waals surface area contributed by atoms with Gasteiger partial charge in [0.2, 0.25) is 11.8 Å². The lowest BCUT2D eigenvalue weighted by molar-refractivity contribution is 0.359. The van der Waals surface area contributed by atoms with Crippen LogP contribution in [0.3, 0.4) is 0 Å². The maximum Gasteiger partial charge on any atom is 0.224 e. The number of nitrogens with zero attached hydrogens (tertiary/aromatic N) is 2.